The van der Waals surface area contributed by atoms with Crippen molar-refractivity contribution < 1.29 is 0 Å². The quantitative estimate of drug-likeness (QED) is 0.166. The van der Waals surface area contributed by atoms with Gasteiger partial charge in [-0.1, -0.05) is 206 Å². The van der Waals surface area contributed by atoms with Crippen LogP contribution in [-0.2, 0) is 0 Å². The maximum atomic E-state index is 5.29. The van der Waals surface area contributed by atoms with E-state index < -0.39 is 0 Å². The molecule has 2 heteroatoms. The van der Waals surface area contributed by atoms with Gasteiger partial charge in [-0.15, -0.1) is 0 Å². The summed E-state index contributed by atoms with van der Waals surface area (Å²) in [6.07, 6.45) is 2.39. The van der Waals surface area contributed by atoms with E-state index in [1.807, 2.05) is 0 Å². The Labute approximate surface area is 363 Å². The molecular weight excluding hydrogens is 749 g/mol. The summed E-state index contributed by atoms with van der Waals surface area (Å²) in [5.41, 5.74) is 19.5. The summed E-state index contributed by atoms with van der Waals surface area (Å²) in [5, 5.41) is 6.29. The van der Waals surface area contributed by atoms with Crippen LogP contribution in [0.3, 0.4) is 0 Å². The molecule has 0 amide bonds. The molecule has 10 aromatic rings. The van der Waals surface area contributed by atoms with E-state index in [1.54, 1.807) is 0 Å². The molecule has 0 fully saturated rings. The van der Waals surface area contributed by atoms with E-state index >= 15 is 0 Å². The molecule has 62 heavy (non-hydrogen) atoms. The van der Waals surface area contributed by atoms with E-state index in [4.69, 9.17) is 4.98 Å². The third-order valence-electron chi connectivity index (χ3n) is 12.1. The Morgan fingerprint density at radius 2 is 0.774 bits per heavy atom. The second-order valence-electron chi connectivity index (χ2n) is 16.0. The van der Waals surface area contributed by atoms with Crippen LogP contribution in [0.2, 0.25) is 0 Å². The van der Waals surface area contributed by atoms with Crippen molar-refractivity contribution in [2.75, 3.05) is 5.32 Å². The summed E-state index contributed by atoms with van der Waals surface area (Å²) in [4.78, 5) is 5.29. The van der Waals surface area contributed by atoms with Gasteiger partial charge in [-0.3, -0.25) is 0 Å². The van der Waals surface area contributed by atoms with Gasteiger partial charge in [-0.05, 0) is 108 Å². The highest BCUT2D eigenvalue weighted by Crippen LogP contribution is 2.43. The number of hydrogen-bond acceptors (Lipinski definition) is 2. The highest BCUT2D eigenvalue weighted by molar-refractivity contribution is 6.05. The smallest absolute Gasteiger partial charge is 0.0715 e. The molecule has 1 aliphatic heterocycles. The summed E-state index contributed by atoms with van der Waals surface area (Å²) in [7, 11) is 0. The fourth-order valence-corrected chi connectivity index (χ4v) is 8.88. The van der Waals surface area contributed by atoms with Gasteiger partial charge in [0.15, 0.2) is 0 Å². The minimum Gasteiger partial charge on any atom is -0.374 e. The first kappa shape index (κ1) is 37.0. The Bertz CT molecular complexity index is 3110. The van der Waals surface area contributed by atoms with Gasteiger partial charge in [-0.2, -0.15) is 0 Å². The number of nitrogens with one attached hydrogen (secondary N) is 1. The average Bonchev–Trinajstić information content (AvgIpc) is 3.37. The lowest BCUT2D eigenvalue weighted by Crippen LogP contribution is -2.15. The van der Waals surface area contributed by atoms with Crippen molar-refractivity contribution in [2.45, 2.75) is 6.04 Å². The van der Waals surface area contributed by atoms with Gasteiger partial charge in [0.05, 0.1) is 17.4 Å². The lowest BCUT2D eigenvalue weighted by Gasteiger charge is -2.28. The van der Waals surface area contributed by atoms with Crippen LogP contribution in [0.25, 0.3) is 83.4 Å². The van der Waals surface area contributed by atoms with E-state index in [0.717, 1.165) is 39.3 Å². The van der Waals surface area contributed by atoms with E-state index in [0.29, 0.717) is 0 Å². The predicted molar refractivity (Wildman–Crippen MR) is 261 cm³/mol. The highest BCUT2D eigenvalue weighted by Gasteiger charge is 2.23. The Kier molecular flexibility index (Phi) is 9.65. The number of aromatic nitrogens is 1. The van der Waals surface area contributed by atoms with Crippen molar-refractivity contribution in [1.82, 2.24) is 4.98 Å². The maximum absolute atomic E-state index is 5.29. The van der Waals surface area contributed by atoms with E-state index in [-0.39, 0.29) is 6.04 Å². The predicted octanol–water partition coefficient (Wildman–Crippen LogP) is 15.8. The van der Waals surface area contributed by atoms with E-state index in [1.165, 1.54) is 66.4 Å². The van der Waals surface area contributed by atoms with Gasteiger partial charge in [0.1, 0.15) is 0 Å². The van der Waals surface area contributed by atoms with Crippen LogP contribution in [0, 0.1) is 0 Å². The number of anilines is 1. The summed E-state index contributed by atoms with van der Waals surface area (Å²) < 4.78 is 0. The SMILES string of the molecule is C1=C(c2ccccc2)c2c(ccc3cc(-c4cccc(-c5cc(-c6ccc(-c7ccccc7)cc6)nc(-c6ccc(-c7ccccc7)cc6)c5)c4)ccc23)NC1c1ccccc1. The third-order valence-corrected chi connectivity index (χ3v) is 12.1. The van der Waals surface area contributed by atoms with Gasteiger partial charge in [0.25, 0.3) is 0 Å². The van der Waals surface area contributed by atoms with Crippen molar-refractivity contribution in [3.63, 3.8) is 0 Å². The van der Waals surface area contributed by atoms with Crippen LogP contribution in [0.4, 0.5) is 5.69 Å². The molecule has 9 aromatic carbocycles. The highest BCUT2D eigenvalue weighted by atomic mass is 14.9. The lowest BCUT2D eigenvalue weighted by molar-refractivity contribution is 0.974. The molecule has 0 bridgehead atoms. The fourth-order valence-electron chi connectivity index (χ4n) is 8.88. The largest absolute Gasteiger partial charge is 0.374 e. The number of benzene rings is 9. The molecule has 0 spiro atoms. The number of fused-ring (bicyclic) bond motifs is 3. The molecule has 0 radical (unpaired) electrons. The summed E-state index contributed by atoms with van der Waals surface area (Å²) >= 11 is 0. The topological polar surface area (TPSA) is 24.9 Å². The summed E-state index contributed by atoms with van der Waals surface area (Å²) in [6, 6.07) is 85.0. The molecule has 0 saturated carbocycles. The minimum atomic E-state index is 0.0786. The molecule has 2 nitrogen and oxygen atoms in total. The molecule has 11 rings (SSSR count). The first-order valence-corrected chi connectivity index (χ1v) is 21.3. The first-order chi connectivity index (χ1) is 30.7. The van der Waals surface area contributed by atoms with Crippen LogP contribution in [0.1, 0.15) is 22.7 Å². The molecule has 1 aromatic heterocycles. The fraction of sp³-hybridized carbons (Fsp3) is 0.0167. The zero-order valence-corrected chi connectivity index (χ0v) is 34.1. The monoisotopic (exact) mass is 790 g/mol. The second kappa shape index (κ2) is 16.2. The Morgan fingerprint density at radius 1 is 0.323 bits per heavy atom. The van der Waals surface area contributed by atoms with Crippen LogP contribution in [0.15, 0.2) is 243 Å². The van der Waals surface area contributed by atoms with Gasteiger partial charge >= 0.3 is 0 Å². The number of hydrogen-bond donors (Lipinski definition) is 1. The van der Waals surface area contributed by atoms with Crippen molar-refractivity contribution in [1.29, 1.82) is 0 Å². The summed E-state index contributed by atoms with van der Waals surface area (Å²) in [5.74, 6) is 0. The van der Waals surface area contributed by atoms with Crippen LogP contribution < -0.4 is 5.32 Å². The van der Waals surface area contributed by atoms with Crippen molar-refractivity contribution in [3.8, 4) is 67.0 Å². The normalized spacial score (nSPS) is 13.2. The standard InChI is InChI=1S/C60H42N2/c1-5-14-41(15-6-1)43-24-28-47(29-25-43)57-38-53(39-58(62-57)48-30-26-44(27-31-48)42-16-7-2-8-17-42)50-23-13-22-49(36-50)51-32-34-54-52(37-51)33-35-56-60(54)55(45-18-9-3-10-19-45)40-59(61-56)46-20-11-4-12-21-46/h1-40,59,61H. The maximum Gasteiger partial charge on any atom is 0.0715 e. The average molecular weight is 791 g/mol. The van der Waals surface area contributed by atoms with Crippen LogP contribution in [0.5, 0.6) is 0 Å². The zero-order chi connectivity index (χ0) is 41.2. The van der Waals surface area contributed by atoms with Crippen LogP contribution >= 0.6 is 0 Å². The van der Waals surface area contributed by atoms with Gasteiger partial charge in [-0.25, -0.2) is 4.98 Å². The molecule has 1 atom stereocenters. The molecule has 1 N–H and O–H groups in total. The first-order valence-electron chi connectivity index (χ1n) is 21.3. The van der Waals surface area contributed by atoms with Crippen molar-refractivity contribution in [3.05, 3.63) is 259 Å². The number of pyridine rings is 1. The molecule has 2 heterocycles. The van der Waals surface area contributed by atoms with Crippen molar-refractivity contribution >= 4 is 22.0 Å². The molecule has 0 saturated heterocycles. The van der Waals surface area contributed by atoms with E-state index in [9.17, 15) is 0 Å². The Balaban J connectivity index is 0.977. The Hall–Kier alpha value is -8.07. The molecule has 1 aliphatic rings. The van der Waals surface area contributed by atoms with Crippen molar-refractivity contribution in [2.24, 2.45) is 0 Å². The van der Waals surface area contributed by atoms with Gasteiger partial charge in [0.2, 0.25) is 0 Å². The molecule has 1 unspecified atom stereocenters. The molecule has 292 valence electrons. The van der Waals surface area contributed by atoms with Crippen LogP contribution in [-0.4, -0.2) is 4.98 Å². The third kappa shape index (κ3) is 7.29. The second-order valence-corrected chi connectivity index (χ2v) is 16.0. The number of nitrogens with zero attached hydrogens (tertiary/aromatic N) is 1. The molecule has 0 aliphatic carbocycles. The van der Waals surface area contributed by atoms with E-state index in [2.05, 4.69) is 248 Å². The van der Waals surface area contributed by atoms with Gasteiger partial charge < -0.3 is 5.32 Å². The zero-order valence-electron chi connectivity index (χ0n) is 34.1. The number of rotatable bonds is 8. The lowest BCUT2D eigenvalue weighted by atomic mass is 9.85. The van der Waals surface area contributed by atoms with Gasteiger partial charge in [0, 0.05) is 22.4 Å². The summed E-state index contributed by atoms with van der Waals surface area (Å²) in [6.45, 7) is 0. The minimum absolute atomic E-state index is 0.0786. The molecular formula is C60H42N2. The Morgan fingerprint density at radius 3 is 1.35 bits per heavy atom.